The number of hydrogen-bond donors (Lipinski definition) is 0. The van der Waals surface area contributed by atoms with Crippen molar-refractivity contribution in [1.29, 1.82) is 0 Å². The monoisotopic (exact) mass is 412 g/mol. The van der Waals surface area contributed by atoms with Gasteiger partial charge in [-0.05, 0) is 55.2 Å². The fourth-order valence-electron chi connectivity index (χ4n) is 4.46. The van der Waals surface area contributed by atoms with Gasteiger partial charge in [-0.2, -0.15) is 0 Å². The topological polar surface area (TPSA) is 56.8 Å². The van der Waals surface area contributed by atoms with Crippen molar-refractivity contribution in [3.05, 3.63) is 47.0 Å². The first-order valence-corrected chi connectivity index (χ1v) is 11.2. The van der Waals surface area contributed by atoms with E-state index < -0.39 is 0 Å². The van der Waals surface area contributed by atoms with E-state index in [0.717, 1.165) is 24.2 Å². The van der Waals surface area contributed by atoms with Crippen LogP contribution >= 0.6 is 11.3 Å². The average Bonchev–Trinajstić information content (AvgIpc) is 3.11. The van der Waals surface area contributed by atoms with E-state index in [1.165, 1.54) is 37.0 Å². The number of nitrogens with zero attached hydrogens (tertiary/aromatic N) is 4. The summed E-state index contributed by atoms with van der Waals surface area (Å²) in [6.45, 7) is 2.28. The van der Waals surface area contributed by atoms with Gasteiger partial charge in [0.25, 0.3) is 5.91 Å². The Morgan fingerprint density at radius 2 is 1.69 bits per heavy atom. The maximum atomic E-state index is 13.0. The van der Waals surface area contributed by atoms with Crippen LogP contribution in [0.15, 0.2) is 35.8 Å². The summed E-state index contributed by atoms with van der Waals surface area (Å²) < 4.78 is 0. The number of carbonyl (C=O) groups excluding carboxylic acids is 2. The summed E-state index contributed by atoms with van der Waals surface area (Å²) in [5, 5.41) is 2.53. The summed E-state index contributed by atoms with van der Waals surface area (Å²) in [7, 11) is 3.51. The summed E-state index contributed by atoms with van der Waals surface area (Å²) in [6, 6.07) is 7.58. The van der Waals surface area contributed by atoms with Crippen molar-refractivity contribution >= 4 is 28.4 Å². The maximum Gasteiger partial charge on any atom is 0.326 e. The van der Waals surface area contributed by atoms with Crippen LogP contribution in [0.2, 0.25) is 0 Å². The zero-order chi connectivity index (χ0) is 20.4. The molecule has 3 fully saturated rings. The predicted molar refractivity (Wildman–Crippen MR) is 115 cm³/mol. The second-order valence-corrected chi connectivity index (χ2v) is 9.18. The number of benzene rings is 1. The highest BCUT2D eigenvalue weighted by Crippen LogP contribution is 2.34. The minimum Gasteiger partial charge on any atom is -0.338 e. The number of urea groups is 1. The van der Waals surface area contributed by atoms with Gasteiger partial charge in [-0.15, -0.1) is 11.3 Å². The van der Waals surface area contributed by atoms with Crippen LogP contribution in [0.1, 0.15) is 41.6 Å². The average molecular weight is 413 g/mol. The molecule has 0 radical (unpaired) electrons. The van der Waals surface area contributed by atoms with Crippen molar-refractivity contribution in [2.45, 2.75) is 32.2 Å². The van der Waals surface area contributed by atoms with Crippen LogP contribution in [-0.4, -0.2) is 53.9 Å². The van der Waals surface area contributed by atoms with Gasteiger partial charge in [0, 0.05) is 50.9 Å². The lowest BCUT2D eigenvalue weighted by atomic mass is 9.84. The quantitative estimate of drug-likeness (QED) is 0.760. The summed E-state index contributed by atoms with van der Waals surface area (Å²) in [5.74, 6) is 1.49. The van der Waals surface area contributed by atoms with Gasteiger partial charge in [0.15, 0.2) is 5.13 Å². The van der Waals surface area contributed by atoms with E-state index in [9.17, 15) is 9.59 Å². The van der Waals surface area contributed by atoms with Gasteiger partial charge in [0.05, 0.1) is 0 Å². The molecule has 154 valence electrons. The first-order chi connectivity index (χ1) is 14.0. The molecule has 2 aromatic rings. The number of fused-ring (bicyclic) bond motifs is 4. The first kappa shape index (κ1) is 19.9. The molecular formula is C22H28N4O2S. The molecule has 0 spiro atoms. The molecule has 1 saturated carbocycles. The third kappa shape index (κ3) is 4.45. The van der Waals surface area contributed by atoms with Crippen LogP contribution in [-0.2, 0) is 6.54 Å². The van der Waals surface area contributed by atoms with Crippen LogP contribution in [0.5, 0.6) is 0 Å². The molecule has 6 nitrogen and oxygen atoms in total. The Morgan fingerprint density at radius 3 is 2.24 bits per heavy atom. The maximum absolute atomic E-state index is 13.0. The van der Waals surface area contributed by atoms with Crippen LogP contribution in [0.4, 0.5) is 9.93 Å². The highest BCUT2D eigenvalue weighted by Gasteiger charge is 2.31. The van der Waals surface area contributed by atoms with Crippen molar-refractivity contribution in [3.8, 4) is 0 Å². The molecule has 2 aliphatic heterocycles. The van der Waals surface area contributed by atoms with E-state index >= 15 is 0 Å². The molecule has 3 heterocycles. The predicted octanol–water partition coefficient (Wildman–Crippen LogP) is 4.09. The van der Waals surface area contributed by atoms with Crippen molar-refractivity contribution in [3.63, 3.8) is 0 Å². The Labute approximate surface area is 176 Å². The largest absolute Gasteiger partial charge is 0.338 e. The summed E-state index contributed by atoms with van der Waals surface area (Å²) in [6.07, 6.45) is 6.76. The Hall–Kier alpha value is -2.41. The lowest BCUT2D eigenvalue weighted by molar-refractivity contribution is 0.0739. The Kier molecular flexibility index (Phi) is 5.85. The Balaban J connectivity index is 1.37. The summed E-state index contributed by atoms with van der Waals surface area (Å²) >= 11 is 1.43. The van der Waals surface area contributed by atoms with E-state index in [2.05, 4.69) is 9.88 Å². The molecule has 1 aromatic heterocycles. The molecule has 1 aliphatic carbocycles. The van der Waals surface area contributed by atoms with Gasteiger partial charge < -0.3 is 9.80 Å². The zero-order valence-corrected chi connectivity index (χ0v) is 17.9. The molecular weight excluding hydrogens is 384 g/mol. The van der Waals surface area contributed by atoms with Crippen LogP contribution in [0, 0.1) is 11.8 Å². The minimum absolute atomic E-state index is 0.111. The number of hydrogen-bond acceptors (Lipinski definition) is 4. The number of aromatic nitrogens is 1. The van der Waals surface area contributed by atoms with E-state index in [4.69, 9.17) is 0 Å². The molecule has 0 unspecified atom stereocenters. The van der Waals surface area contributed by atoms with E-state index in [1.807, 2.05) is 29.6 Å². The Morgan fingerprint density at radius 1 is 1.07 bits per heavy atom. The lowest BCUT2D eigenvalue weighted by Gasteiger charge is -2.24. The van der Waals surface area contributed by atoms with Crippen molar-refractivity contribution in [2.24, 2.45) is 11.8 Å². The third-order valence-corrected chi connectivity index (χ3v) is 7.00. The minimum atomic E-state index is -0.111. The fourth-order valence-corrected chi connectivity index (χ4v) is 5.06. The third-order valence-electron chi connectivity index (χ3n) is 6.15. The Bertz CT molecular complexity index is 830. The number of rotatable bonds is 4. The molecule has 0 N–H and O–H groups in total. The van der Waals surface area contributed by atoms with Gasteiger partial charge >= 0.3 is 6.03 Å². The smallest absolute Gasteiger partial charge is 0.326 e. The zero-order valence-electron chi connectivity index (χ0n) is 17.1. The first-order valence-electron chi connectivity index (χ1n) is 10.3. The van der Waals surface area contributed by atoms with Crippen LogP contribution in [0.3, 0.4) is 0 Å². The fraction of sp³-hybridized carbons (Fsp3) is 0.500. The normalized spacial score (nSPS) is 21.0. The van der Waals surface area contributed by atoms with Crippen molar-refractivity contribution in [2.75, 3.05) is 32.1 Å². The summed E-state index contributed by atoms with van der Waals surface area (Å²) in [5.41, 5.74) is 1.74. The molecule has 5 rings (SSSR count). The van der Waals surface area contributed by atoms with E-state index in [0.29, 0.717) is 23.5 Å². The standard InChI is InChI=1S/C22H28N4O2S/c1-24(22(28)25(2)21-23-11-12-29-21)13-16-7-9-19(10-8-16)20(27)26-14-17-3-4-18(15-26)6-5-17/h7-12,17-18H,3-6,13-15H2,1-2H3. The highest BCUT2D eigenvalue weighted by molar-refractivity contribution is 7.13. The second kappa shape index (κ2) is 8.53. The lowest BCUT2D eigenvalue weighted by Crippen LogP contribution is -2.38. The van der Waals surface area contributed by atoms with E-state index in [1.54, 1.807) is 30.1 Å². The molecule has 1 aromatic carbocycles. The molecule has 2 saturated heterocycles. The molecule has 2 bridgehead atoms. The molecule has 7 heteroatoms. The number of anilines is 1. The van der Waals surface area contributed by atoms with Crippen molar-refractivity contribution < 1.29 is 9.59 Å². The van der Waals surface area contributed by atoms with Gasteiger partial charge in [0.2, 0.25) is 0 Å². The van der Waals surface area contributed by atoms with Gasteiger partial charge in [-0.3, -0.25) is 9.69 Å². The number of thiazole rings is 1. The molecule has 29 heavy (non-hydrogen) atoms. The van der Waals surface area contributed by atoms with Crippen molar-refractivity contribution in [1.82, 2.24) is 14.8 Å². The second-order valence-electron chi connectivity index (χ2n) is 8.31. The van der Waals surface area contributed by atoms with Gasteiger partial charge in [-0.1, -0.05) is 12.1 Å². The summed E-state index contributed by atoms with van der Waals surface area (Å²) in [4.78, 5) is 35.0. The van der Waals surface area contributed by atoms with E-state index in [-0.39, 0.29) is 11.9 Å². The number of carbonyl (C=O) groups is 2. The highest BCUT2D eigenvalue weighted by atomic mass is 32.1. The SMILES string of the molecule is CN(Cc1ccc(C(=O)N2CC3CCC(CC3)C2)cc1)C(=O)N(C)c1nccs1. The van der Waals surface area contributed by atoms with Gasteiger partial charge in [0.1, 0.15) is 0 Å². The number of amides is 3. The van der Waals surface area contributed by atoms with Crippen LogP contribution < -0.4 is 4.90 Å². The molecule has 0 atom stereocenters. The van der Waals surface area contributed by atoms with Gasteiger partial charge in [-0.25, -0.2) is 9.78 Å². The molecule has 3 amide bonds. The molecule has 3 aliphatic rings. The van der Waals surface area contributed by atoms with Crippen LogP contribution in [0.25, 0.3) is 0 Å².